The molecule has 1 aromatic rings. The van der Waals surface area contributed by atoms with E-state index in [4.69, 9.17) is 11.6 Å². The zero-order chi connectivity index (χ0) is 69.5. The maximum absolute atomic E-state index is 15.4. The van der Waals surface area contributed by atoms with Gasteiger partial charge in [-0.15, -0.1) is 0 Å². The molecular formula is C69H109ClN12O12. The van der Waals surface area contributed by atoms with Crippen molar-refractivity contribution < 1.29 is 57.5 Å². The number of benzene rings is 1. The number of amides is 12. The zero-order valence-electron chi connectivity index (χ0n) is 58.3. The summed E-state index contributed by atoms with van der Waals surface area (Å²) in [6, 6.07) is -1.09. The predicted octanol–water partition coefficient (Wildman–Crippen LogP) is 4.48. The lowest BCUT2D eigenvalue weighted by molar-refractivity contribution is -0.156. The fourth-order valence-corrected chi connectivity index (χ4v) is 14.4. The van der Waals surface area contributed by atoms with E-state index >= 15 is 14.4 Å². The van der Waals surface area contributed by atoms with Gasteiger partial charge < -0.3 is 60.0 Å². The van der Waals surface area contributed by atoms with Crippen LogP contribution in [0.2, 0.25) is 5.02 Å². The molecule has 6 rings (SSSR count). The van der Waals surface area contributed by atoms with Crippen molar-refractivity contribution in [3.05, 3.63) is 34.9 Å². The second-order valence-electron chi connectivity index (χ2n) is 28.3. The standard InChI is InChI=1S/C69H109ClN12O12/c1-14-46(6)59-66(92)76(9)42-57(85)74(7)43-58(86)78(11)53(39-48-24-17-15-18-25-48)64(90)75(8)41-55(83)71-50(32-29-47-27-30-49(70)31-28-47)63(89)82-37-23-26-51(82)62(88)73-69(33-19-20-34-69)68(94)80(13)60(45(4)5)67(93)79(12)54(65(91)81-35-21-16-22-36-81)40-56(84)77(10)52(38-44(2)3)61(87)72-59/h27-28,30-31,44-46,48,50-54,59-60H,14-26,29,32-43H2,1-13H3,(H,71,83)(H,72,87)(H,73,88)/t46-,50-,51?,52-,53-,54-,59-,60-/m0/s1. The fourth-order valence-electron chi connectivity index (χ4n) is 14.3. The van der Waals surface area contributed by atoms with Crippen molar-refractivity contribution in [2.75, 3.05) is 88.6 Å². The Morgan fingerprint density at radius 3 is 1.80 bits per heavy atom. The van der Waals surface area contributed by atoms with Crippen LogP contribution in [0.3, 0.4) is 0 Å². The van der Waals surface area contributed by atoms with Crippen molar-refractivity contribution >= 4 is 82.5 Å². The first-order valence-electron chi connectivity index (χ1n) is 34.5. The highest BCUT2D eigenvalue weighted by atomic mass is 35.5. The fraction of sp³-hybridized carbons (Fsp3) is 0.739. The number of nitrogens with zero attached hydrogens (tertiary/aromatic N) is 9. The smallest absolute Gasteiger partial charge is 0.248 e. The molecule has 1 aromatic carbocycles. The molecule has 5 aliphatic rings. The number of hydrogen-bond donors (Lipinski definition) is 3. The van der Waals surface area contributed by atoms with Gasteiger partial charge in [-0.1, -0.05) is 117 Å². The van der Waals surface area contributed by atoms with Crippen LogP contribution >= 0.6 is 11.6 Å². The third-order valence-corrected chi connectivity index (χ3v) is 20.7. The van der Waals surface area contributed by atoms with Gasteiger partial charge in [-0.2, -0.15) is 0 Å². The average Bonchev–Trinajstić information content (AvgIpc) is 1.45. The summed E-state index contributed by atoms with van der Waals surface area (Å²) in [5.41, 5.74) is -0.667. The average molecular weight is 1330 g/mol. The number of likely N-dealkylation sites (N-methyl/N-ethyl adjacent to an activating group) is 7. The largest absolute Gasteiger partial charge is 0.343 e. The van der Waals surface area contributed by atoms with Crippen LogP contribution in [0, 0.1) is 23.7 Å². The Hall–Kier alpha value is -6.85. The number of carbonyl (C=O) groups excluding carboxylic acids is 12. The zero-order valence-corrected chi connectivity index (χ0v) is 59.1. The quantitative estimate of drug-likeness (QED) is 0.277. The second-order valence-corrected chi connectivity index (χ2v) is 28.8. The Morgan fingerprint density at radius 2 is 1.19 bits per heavy atom. The summed E-state index contributed by atoms with van der Waals surface area (Å²) in [7, 11) is 10.2. The summed E-state index contributed by atoms with van der Waals surface area (Å²) in [5.74, 6) is -8.05. The molecule has 3 saturated heterocycles. The van der Waals surface area contributed by atoms with E-state index < -0.39 is 157 Å². The van der Waals surface area contributed by atoms with E-state index in [1.54, 1.807) is 37.8 Å². The Labute approximate surface area is 562 Å². The summed E-state index contributed by atoms with van der Waals surface area (Å²) in [6.07, 6.45) is 9.97. The van der Waals surface area contributed by atoms with E-state index in [1.165, 1.54) is 88.5 Å². The summed E-state index contributed by atoms with van der Waals surface area (Å²) in [6.45, 7) is 10.5. The summed E-state index contributed by atoms with van der Waals surface area (Å²) >= 11 is 6.24. The maximum Gasteiger partial charge on any atom is 0.248 e. The Kier molecular flexibility index (Phi) is 28.1. The number of halogens is 1. The van der Waals surface area contributed by atoms with Crippen LogP contribution in [0.5, 0.6) is 0 Å². The number of nitrogens with one attached hydrogen (secondary N) is 3. The molecule has 12 amide bonds. The van der Waals surface area contributed by atoms with Crippen molar-refractivity contribution in [2.24, 2.45) is 23.7 Å². The van der Waals surface area contributed by atoms with E-state index in [1.807, 2.05) is 32.9 Å². The van der Waals surface area contributed by atoms with Gasteiger partial charge in [0.2, 0.25) is 70.9 Å². The molecule has 1 spiro atoms. The SMILES string of the molecule is CC[C@H](C)[C@@H]1NC(=O)[C@H](CC(C)C)N(C)C(=O)C[C@@H](C(=O)N2CCCCC2)N(C)C(=O)[C@H](C(C)C)N(C)C(=O)C2(CCCC2)NC(=O)C2CCCN2C(=O)[C@H](CCc2ccc(Cl)cc2)NC(=O)CN(C)C(=O)[C@H](CC2CCCCC2)N(C)C(=O)CN(C)C(=O)CN(C)C1=O. The Balaban J connectivity index is 1.40. The van der Waals surface area contributed by atoms with Crippen molar-refractivity contribution in [3.63, 3.8) is 0 Å². The number of carbonyl (C=O) groups is 12. The van der Waals surface area contributed by atoms with Crippen LogP contribution in [0.1, 0.15) is 169 Å². The lowest BCUT2D eigenvalue weighted by Gasteiger charge is -2.42. The van der Waals surface area contributed by atoms with Gasteiger partial charge in [0.1, 0.15) is 47.8 Å². The molecule has 2 aliphatic carbocycles. The molecule has 0 radical (unpaired) electrons. The molecule has 3 N–H and O–H groups in total. The van der Waals surface area contributed by atoms with Crippen LogP contribution in [0.15, 0.2) is 24.3 Å². The molecule has 0 bridgehead atoms. The van der Waals surface area contributed by atoms with Gasteiger partial charge >= 0.3 is 0 Å². The topological polar surface area (TPSA) is 270 Å². The van der Waals surface area contributed by atoms with E-state index in [2.05, 4.69) is 16.0 Å². The van der Waals surface area contributed by atoms with Crippen LogP contribution in [0.4, 0.5) is 0 Å². The summed E-state index contributed by atoms with van der Waals surface area (Å²) < 4.78 is 0. The van der Waals surface area contributed by atoms with Crippen molar-refractivity contribution in [1.82, 2.24) is 60.0 Å². The number of aryl methyl sites for hydroxylation is 1. The van der Waals surface area contributed by atoms with Crippen LogP contribution in [0.25, 0.3) is 0 Å². The van der Waals surface area contributed by atoms with Gasteiger partial charge in [-0.3, -0.25) is 57.5 Å². The number of likely N-dealkylation sites (tertiary alicyclic amines) is 1. The lowest BCUT2D eigenvalue weighted by atomic mass is 9.84. The molecule has 1 unspecified atom stereocenters. The Bertz CT molecular complexity index is 2860. The monoisotopic (exact) mass is 1330 g/mol. The molecule has 8 atom stereocenters. The number of rotatable bonds is 11. The highest BCUT2D eigenvalue weighted by Crippen LogP contribution is 2.35. The van der Waals surface area contributed by atoms with Gasteiger partial charge in [0.05, 0.1) is 26.1 Å². The molecule has 524 valence electrons. The van der Waals surface area contributed by atoms with Gasteiger partial charge in [0.25, 0.3) is 0 Å². The molecule has 3 aliphatic heterocycles. The first kappa shape index (κ1) is 76.2. The minimum atomic E-state index is -1.49. The minimum absolute atomic E-state index is 0.0871. The minimum Gasteiger partial charge on any atom is -0.343 e. The molecule has 2 saturated carbocycles. The predicted molar refractivity (Wildman–Crippen MR) is 357 cm³/mol. The second kappa shape index (κ2) is 34.7. The van der Waals surface area contributed by atoms with Crippen molar-refractivity contribution in [2.45, 2.75) is 218 Å². The molecule has 94 heavy (non-hydrogen) atoms. The number of hydrogen-bond acceptors (Lipinski definition) is 12. The van der Waals surface area contributed by atoms with E-state index in [9.17, 15) is 43.2 Å². The molecule has 24 nitrogen and oxygen atoms in total. The first-order chi connectivity index (χ1) is 44.4. The summed E-state index contributed by atoms with van der Waals surface area (Å²) in [4.78, 5) is 189. The van der Waals surface area contributed by atoms with E-state index in [0.717, 1.165) is 44.1 Å². The normalized spacial score (nSPS) is 26.6. The molecule has 3 heterocycles. The third kappa shape index (κ3) is 19.4. The maximum atomic E-state index is 15.4. The van der Waals surface area contributed by atoms with Crippen molar-refractivity contribution in [3.8, 4) is 0 Å². The van der Waals surface area contributed by atoms with Gasteiger partial charge in [-0.25, -0.2) is 0 Å². The van der Waals surface area contributed by atoms with Crippen molar-refractivity contribution in [1.29, 1.82) is 0 Å². The van der Waals surface area contributed by atoms with Crippen LogP contribution < -0.4 is 16.0 Å². The molecule has 5 fully saturated rings. The highest BCUT2D eigenvalue weighted by molar-refractivity contribution is 6.30. The third-order valence-electron chi connectivity index (χ3n) is 20.5. The van der Waals surface area contributed by atoms with Gasteiger partial charge in [0.15, 0.2) is 0 Å². The first-order valence-corrected chi connectivity index (χ1v) is 34.8. The van der Waals surface area contributed by atoms with Gasteiger partial charge in [-0.05, 0) is 112 Å². The van der Waals surface area contributed by atoms with Crippen LogP contribution in [-0.4, -0.2) is 251 Å². The molecular weight excluding hydrogens is 1220 g/mol. The van der Waals surface area contributed by atoms with Crippen LogP contribution in [-0.2, 0) is 64.0 Å². The van der Waals surface area contributed by atoms with E-state index in [-0.39, 0.29) is 50.5 Å². The molecule has 0 aromatic heterocycles. The number of fused-ring (bicyclic) bond motifs is 1. The summed E-state index contributed by atoms with van der Waals surface area (Å²) in [5, 5.41) is 9.43. The Morgan fingerprint density at radius 1 is 0.596 bits per heavy atom. The molecule has 25 heteroatoms. The lowest BCUT2D eigenvalue weighted by Crippen LogP contribution is -2.65. The van der Waals surface area contributed by atoms with Gasteiger partial charge in [0, 0.05) is 74.0 Å². The number of piperidine rings is 1. The highest BCUT2D eigenvalue weighted by Gasteiger charge is 2.50. The van der Waals surface area contributed by atoms with E-state index in [0.29, 0.717) is 69.5 Å².